The van der Waals surface area contributed by atoms with Gasteiger partial charge in [0.15, 0.2) is 5.82 Å². The summed E-state index contributed by atoms with van der Waals surface area (Å²) in [6.45, 7) is 0.116. The molecular formula is C18H17FN4OS. The Balaban J connectivity index is 1.74. The van der Waals surface area contributed by atoms with Gasteiger partial charge in [-0.2, -0.15) is 10.1 Å². The number of nitrogens with one attached hydrogen (secondary N) is 1. The Hall–Kier alpha value is -2.51. The smallest absolute Gasteiger partial charge is 0.226 e. The van der Waals surface area contributed by atoms with E-state index in [1.54, 1.807) is 23.5 Å². The number of fused-ring (bicyclic) bond motifs is 1. The van der Waals surface area contributed by atoms with Crippen LogP contribution in [0.3, 0.4) is 0 Å². The Morgan fingerprint density at radius 1 is 1.24 bits per heavy atom. The van der Waals surface area contributed by atoms with Crippen molar-refractivity contribution in [3.8, 4) is 0 Å². The number of aryl methyl sites for hydroxylation is 1. The molecule has 2 aromatic heterocycles. The van der Waals surface area contributed by atoms with Gasteiger partial charge < -0.3 is 10.4 Å². The predicted octanol–water partition coefficient (Wildman–Crippen LogP) is 3.46. The molecular weight excluding hydrogens is 339 g/mol. The molecule has 1 aromatic carbocycles. The van der Waals surface area contributed by atoms with Crippen molar-refractivity contribution >= 4 is 23.0 Å². The van der Waals surface area contributed by atoms with Gasteiger partial charge in [-0.1, -0.05) is 6.07 Å². The molecule has 25 heavy (non-hydrogen) atoms. The third kappa shape index (κ3) is 3.20. The van der Waals surface area contributed by atoms with E-state index in [0.717, 1.165) is 16.1 Å². The highest BCUT2D eigenvalue weighted by molar-refractivity contribution is 7.10. The summed E-state index contributed by atoms with van der Waals surface area (Å²) in [4.78, 5) is 5.71. The molecule has 0 radical (unpaired) electrons. The van der Waals surface area contributed by atoms with Crippen LogP contribution < -0.4 is 5.32 Å². The van der Waals surface area contributed by atoms with E-state index < -0.39 is 0 Å². The summed E-state index contributed by atoms with van der Waals surface area (Å²) in [6, 6.07) is 10.4. The number of allylic oxidation sites excluding steroid dienone is 1. The molecule has 1 atom stereocenters. The summed E-state index contributed by atoms with van der Waals surface area (Å²) >= 11 is 1.66. The Morgan fingerprint density at radius 3 is 2.80 bits per heavy atom. The molecule has 0 spiro atoms. The molecule has 4 rings (SSSR count). The van der Waals surface area contributed by atoms with E-state index in [2.05, 4.69) is 27.5 Å². The highest BCUT2D eigenvalue weighted by Gasteiger charge is 2.25. The minimum absolute atomic E-state index is 0.0633. The van der Waals surface area contributed by atoms with Crippen LogP contribution in [0.5, 0.6) is 0 Å². The topological polar surface area (TPSA) is 63.0 Å². The quantitative estimate of drug-likeness (QED) is 0.735. The zero-order valence-electron chi connectivity index (χ0n) is 13.4. The number of aliphatic hydroxyl groups excluding tert-OH is 1. The van der Waals surface area contributed by atoms with Gasteiger partial charge in [0, 0.05) is 23.6 Å². The van der Waals surface area contributed by atoms with Crippen molar-refractivity contribution in [1.82, 2.24) is 14.8 Å². The van der Waals surface area contributed by atoms with Crippen molar-refractivity contribution in [3.05, 3.63) is 69.9 Å². The first-order valence-electron chi connectivity index (χ1n) is 8.09. The number of aromatic nitrogens is 3. The lowest BCUT2D eigenvalue weighted by Crippen LogP contribution is -2.19. The molecule has 7 heteroatoms. The van der Waals surface area contributed by atoms with Crippen molar-refractivity contribution in [2.75, 3.05) is 11.9 Å². The second-order valence-corrected chi connectivity index (χ2v) is 6.78. The van der Waals surface area contributed by atoms with Gasteiger partial charge in [-0.3, -0.25) is 0 Å². The lowest BCUT2D eigenvalue weighted by Gasteiger charge is -2.23. The van der Waals surface area contributed by atoms with Crippen LogP contribution in [-0.2, 0) is 6.42 Å². The normalized spacial score (nSPS) is 16.2. The summed E-state index contributed by atoms with van der Waals surface area (Å²) in [5.41, 5.74) is 1.78. The van der Waals surface area contributed by atoms with Gasteiger partial charge in [0.05, 0.1) is 0 Å². The summed E-state index contributed by atoms with van der Waals surface area (Å²) in [7, 11) is 0. The average molecular weight is 356 g/mol. The van der Waals surface area contributed by atoms with Gasteiger partial charge in [0.25, 0.3) is 0 Å². The van der Waals surface area contributed by atoms with E-state index in [4.69, 9.17) is 5.11 Å². The number of rotatable bonds is 5. The highest BCUT2D eigenvalue weighted by Crippen LogP contribution is 2.34. The Bertz CT molecular complexity index is 886. The fourth-order valence-electron chi connectivity index (χ4n) is 2.84. The fraction of sp³-hybridized carbons (Fsp3) is 0.222. The number of hydrogen-bond donors (Lipinski definition) is 2. The molecule has 0 aliphatic carbocycles. The summed E-state index contributed by atoms with van der Waals surface area (Å²) in [5.74, 6) is 1.10. The lowest BCUT2D eigenvalue weighted by atomic mass is 10.1. The number of benzene rings is 1. The largest absolute Gasteiger partial charge is 0.396 e. The first kappa shape index (κ1) is 16.0. The lowest BCUT2D eigenvalue weighted by molar-refractivity contribution is 0.287. The first-order valence-corrected chi connectivity index (χ1v) is 8.97. The van der Waals surface area contributed by atoms with E-state index in [9.17, 15) is 4.39 Å². The Labute approximate surface area is 148 Å². The Morgan fingerprint density at radius 2 is 2.08 bits per heavy atom. The maximum absolute atomic E-state index is 13.2. The number of nitrogens with zero attached hydrogens (tertiary/aromatic N) is 3. The third-order valence-electron chi connectivity index (χ3n) is 4.06. The van der Waals surface area contributed by atoms with Gasteiger partial charge in [-0.15, -0.1) is 11.3 Å². The molecule has 0 saturated heterocycles. The highest BCUT2D eigenvalue weighted by atomic mass is 32.1. The maximum Gasteiger partial charge on any atom is 0.226 e. The molecule has 2 N–H and O–H groups in total. The van der Waals surface area contributed by atoms with Gasteiger partial charge in [0.2, 0.25) is 5.95 Å². The SMILES string of the molecule is OCCCc1nc2n(n1)C(c1cccs1)C=C(c1ccc(F)cc1)N2. The van der Waals surface area contributed by atoms with Crippen LogP contribution in [0.4, 0.5) is 10.3 Å². The summed E-state index contributed by atoms with van der Waals surface area (Å²) < 4.78 is 15.1. The standard InChI is InChI=1S/C18H17FN4OS/c19-13-7-5-12(6-8-13)14-11-15(16-3-2-10-25-16)23-18(20-14)21-17(22-23)4-1-9-24/h2-3,5-8,10-11,15,24H,1,4,9H2,(H,20,21,22). The van der Waals surface area contributed by atoms with Gasteiger partial charge in [-0.05, 0) is 53.8 Å². The van der Waals surface area contributed by atoms with E-state index in [-0.39, 0.29) is 18.5 Å². The molecule has 0 amide bonds. The zero-order chi connectivity index (χ0) is 17.2. The predicted molar refractivity (Wildman–Crippen MR) is 95.9 cm³/mol. The van der Waals surface area contributed by atoms with Gasteiger partial charge in [0.1, 0.15) is 11.9 Å². The summed E-state index contributed by atoms with van der Waals surface area (Å²) in [6.07, 6.45) is 3.34. The Kier molecular flexibility index (Phi) is 4.33. The molecule has 1 unspecified atom stereocenters. The van der Waals surface area contributed by atoms with Crippen LogP contribution in [0.15, 0.2) is 47.9 Å². The van der Waals surface area contributed by atoms with Crippen molar-refractivity contribution in [2.45, 2.75) is 18.9 Å². The van der Waals surface area contributed by atoms with Gasteiger partial charge >= 0.3 is 0 Å². The molecule has 1 aliphatic heterocycles. The van der Waals surface area contributed by atoms with Crippen molar-refractivity contribution in [2.24, 2.45) is 0 Å². The van der Waals surface area contributed by atoms with Crippen LogP contribution in [-0.4, -0.2) is 26.5 Å². The number of thiophene rings is 1. The minimum Gasteiger partial charge on any atom is -0.396 e. The molecule has 3 aromatic rings. The van der Waals surface area contributed by atoms with Crippen LogP contribution in [0.25, 0.3) is 5.70 Å². The maximum atomic E-state index is 13.2. The molecule has 0 saturated carbocycles. The van der Waals surface area contributed by atoms with E-state index in [0.29, 0.717) is 24.6 Å². The van der Waals surface area contributed by atoms with E-state index in [1.807, 2.05) is 16.1 Å². The molecule has 0 fully saturated rings. The third-order valence-corrected chi connectivity index (χ3v) is 5.00. The van der Waals surface area contributed by atoms with Crippen molar-refractivity contribution < 1.29 is 9.50 Å². The molecule has 0 bridgehead atoms. The first-order chi connectivity index (χ1) is 12.2. The van der Waals surface area contributed by atoms with Crippen molar-refractivity contribution in [1.29, 1.82) is 0 Å². The fourth-order valence-corrected chi connectivity index (χ4v) is 3.62. The molecule has 128 valence electrons. The number of aliphatic hydroxyl groups is 1. The van der Waals surface area contributed by atoms with Crippen LogP contribution in [0, 0.1) is 5.82 Å². The average Bonchev–Trinajstić information content (AvgIpc) is 3.29. The second kappa shape index (κ2) is 6.78. The van der Waals surface area contributed by atoms with Crippen molar-refractivity contribution in [3.63, 3.8) is 0 Å². The summed E-state index contributed by atoms with van der Waals surface area (Å²) in [5, 5.41) is 19.0. The molecule has 5 nitrogen and oxygen atoms in total. The zero-order valence-corrected chi connectivity index (χ0v) is 14.2. The van der Waals surface area contributed by atoms with E-state index in [1.165, 1.54) is 12.1 Å². The number of halogens is 1. The number of anilines is 1. The molecule has 1 aliphatic rings. The van der Waals surface area contributed by atoms with Crippen LogP contribution in [0.1, 0.15) is 28.7 Å². The monoisotopic (exact) mass is 356 g/mol. The second-order valence-electron chi connectivity index (χ2n) is 5.80. The van der Waals surface area contributed by atoms with Crippen LogP contribution >= 0.6 is 11.3 Å². The van der Waals surface area contributed by atoms with Crippen LogP contribution in [0.2, 0.25) is 0 Å². The number of hydrogen-bond acceptors (Lipinski definition) is 5. The van der Waals surface area contributed by atoms with E-state index >= 15 is 0 Å². The minimum atomic E-state index is -0.260. The molecule has 3 heterocycles. The van der Waals surface area contributed by atoms with Gasteiger partial charge in [-0.25, -0.2) is 9.07 Å².